The van der Waals surface area contributed by atoms with Gasteiger partial charge in [0.1, 0.15) is 0 Å². The number of halogens is 2. The van der Waals surface area contributed by atoms with Gasteiger partial charge in [-0.2, -0.15) is 0 Å². The molecular weight excluding hydrogens is 345 g/mol. The minimum absolute atomic E-state index is 0.100. The molecule has 2 saturated heterocycles. The second-order valence-electron chi connectivity index (χ2n) is 6.90. The van der Waals surface area contributed by atoms with Crippen LogP contribution >= 0.6 is 23.2 Å². The summed E-state index contributed by atoms with van der Waals surface area (Å²) in [6.07, 6.45) is 2.03. The standard InChI is InChI=1S/C18H25Cl2N3O/c1-21-8-10-23(11-9-21)18(24)14-4-3-7-22(12-14)13-15-16(19)5-2-6-17(15)20/h2,5-6,14H,3-4,7-13H2,1H3/t14-/m0/s1. The number of rotatable bonds is 3. The predicted molar refractivity (Wildman–Crippen MR) is 98.5 cm³/mol. The molecule has 0 radical (unpaired) electrons. The smallest absolute Gasteiger partial charge is 0.227 e. The van der Waals surface area contributed by atoms with Gasteiger partial charge in [0.15, 0.2) is 0 Å². The molecule has 1 amide bonds. The van der Waals surface area contributed by atoms with Gasteiger partial charge in [0.05, 0.1) is 5.92 Å². The molecule has 2 aliphatic rings. The van der Waals surface area contributed by atoms with E-state index in [1.54, 1.807) is 0 Å². The van der Waals surface area contributed by atoms with Crippen LogP contribution in [0.3, 0.4) is 0 Å². The Kier molecular flexibility index (Phi) is 6.03. The highest BCUT2D eigenvalue weighted by Crippen LogP contribution is 2.28. The van der Waals surface area contributed by atoms with Gasteiger partial charge in [-0.3, -0.25) is 9.69 Å². The summed E-state index contributed by atoms with van der Waals surface area (Å²) in [5, 5.41) is 1.41. The first-order valence-corrected chi connectivity index (χ1v) is 9.43. The Labute approximate surface area is 154 Å². The molecule has 1 aromatic carbocycles. The lowest BCUT2D eigenvalue weighted by Crippen LogP contribution is -2.51. The third kappa shape index (κ3) is 4.23. The van der Waals surface area contributed by atoms with Crippen LogP contribution in [0.5, 0.6) is 0 Å². The summed E-state index contributed by atoms with van der Waals surface area (Å²) in [7, 11) is 2.11. The van der Waals surface area contributed by atoms with Gasteiger partial charge in [-0.25, -0.2) is 0 Å². The van der Waals surface area contributed by atoms with Crippen LogP contribution in [0.2, 0.25) is 10.0 Å². The second-order valence-corrected chi connectivity index (χ2v) is 7.72. The summed E-state index contributed by atoms with van der Waals surface area (Å²) in [4.78, 5) is 19.4. The number of hydrogen-bond acceptors (Lipinski definition) is 3. The van der Waals surface area contributed by atoms with Crippen molar-refractivity contribution < 1.29 is 4.79 Å². The Hall–Kier alpha value is -0.810. The van der Waals surface area contributed by atoms with E-state index in [0.29, 0.717) is 22.5 Å². The zero-order valence-electron chi connectivity index (χ0n) is 14.2. The van der Waals surface area contributed by atoms with E-state index in [1.165, 1.54) is 0 Å². The Bertz CT molecular complexity index is 567. The number of nitrogens with zero attached hydrogens (tertiary/aromatic N) is 3. The highest BCUT2D eigenvalue weighted by Gasteiger charge is 2.30. The summed E-state index contributed by atoms with van der Waals surface area (Å²) in [6.45, 7) is 6.14. The van der Waals surface area contributed by atoms with Gasteiger partial charge in [-0.1, -0.05) is 29.3 Å². The van der Waals surface area contributed by atoms with Crippen LogP contribution in [0.4, 0.5) is 0 Å². The maximum atomic E-state index is 12.8. The lowest BCUT2D eigenvalue weighted by Gasteiger charge is -2.38. The summed E-state index contributed by atoms with van der Waals surface area (Å²) < 4.78 is 0. The van der Waals surface area contributed by atoms with Gasteiger partial charge >= 0.3 is 0 Å². The van der Waals surface area contributed by atoms with Crippen molar-refractivity contribution in [1.29, 1.82) is 0 Å². The number of piperazine rings is 1. The van der Waals surface area contributed by atoms with Crippen LogP contribution in [-0.2, 0) is 11.3 Å². The predicted octanol–water partition coefficient (Wildman–Crippen LogP) is 2.98. The fourth-order valence-electron chi connectivity index (χ4n) is 3.59. The molecule has 0 unspecified atom stereocenters. The summed E-state index contributed by atoms with van der Waals surface area (Å²) in [6, 6.07) is 5.61. The summed E-state index contributed by atoms with van der Waals surface area (Å²) >= 11 is 12.6. The van der Waals surface area contributed by atoms with Crippen LogP contribution < -0.4 is 0 Å². The van der Waals surface area contributed by atoms with E-state index in [4.69, 9.17) is 23.2 Å². The van der Waals surface area contributed by atoms with Crippen LogP contribution in [0, 0.1) is 5.92 Å². The maximum absolute atomic E-state index is 12.8. The fourth-order valence-corrected chi connectivity index (χ4v) is 4.11. The van der Waals surface area contributed by atoms with E-state index < -0.39 is 0 Å². The van der Waals surface area contributed by atoms with Gasteiger partial charge < -0.3 is 9.80 Å². The van der Waals surface area contributed by atoms with E-state index in [-0.39, 0.29) is 5.92 Å². The van der Waals surface area contributed by atoms with Crippen molar-refractivity contribution >= 4 is 29.1 Å². The average molecular weight is 370 g/mol. The zero-order chi connectivity index (χ0) is 17.1. The van der Waals surface area contributed by atoms with E-state index in [0.717, 1.165) is 57.7 Å². The number of carbonyl (C=O) groups is 1. The second kappa shape index (κ2) is 8.05. The lowest BCUT2D eigenvalue weighted by molar-refractivity contribution is -0.139. The molecule has 2 heterocycles. The number of carbonyl (C=O) groups excluding carboxylic acids is 1. The SMILES string of the molecule is CN1CCN(C(=O)[C@H]2CCCN(Cc3c(Cl)cccc3Cl)C2)CC1. The topological polar surface area (TPSA) is 26.8 Å². The van der Waals surface area contributed by atoms with Crippen molar-refractivity contribution in [3.63, 3.8) is 0 Å². The van der Waals surface area contributed by atoms with Gasteiger partial charge in [0, 0.05) is 54.9 Å². The van der Waals surface area contributed by atoms with E-state index in [1.807, 2.05) is 23.1 Å². The molecule has 0 bridgehead atoms. The van der Waals surface area contributed by atoms with E-state index in [9.17, 15) is 4.79 Å². The summed E-state index contributed by atoms with van der Waals surface area (Å²) in [5.41, 5.74) is 0.966. The molecule has 132 valence electrons. The molecular formula is C18H25Cl2N3O. The van der Waals surface area contributed by atoms with Crippen molar-refractivity contribution in [3.05, 3.63) is 33.8 Å². The number of hydrogen-bond donors (Lipinski definition) is 0. The largest absolute Gasteiger partial charge is 0.340 e. The Morgan fingerprint density at radius 3 is 2.46 bits per heavy atom. The van der Waals surface area contributed by atoms with Gasteiger partial charge in [0.2, 0.25) is 5.91 Å². The molecule has 3 rings (SSSR count). The molecule has 4 nitrogen and oxygen atoms in total. The lowest BCUT2D eigenvalue weighted by atomic mass is 9.95. The molecule has 0 spiro atoms. The maximum Gasteiger partial charge on any atom is 0.227 e. The Morgan fingerprint density at radius 2 is 1.79 bits per heavy atom. The quantitative estimate of drug-likeness (QED) is 0.819. The highest BCUT2D eigenvalue weighted by molar-refractivity contribution is 6.35. The van der Waals surface area contributed by atoms with Gasteiger partial charge in [0.25, 0.3) is 0 Å². The van der Waals surface area contributed by atoms with Gasteiger partial charge in [-0.15, -0.1) is 0 Å². The first-order chi connectivity index (χ1) is 11.5. The average Bonchev–Trinajstić information content (AvgIpc) is 2.59. The number of amides is 1. The Balaban J connectivity index is 1.61. The van der Waals surface area contributed by atoms with Gasteiger partial charge in [-0.05, 0) is 38.6 Å². The molecule has 6 heteroatoms. The fraction of sp³-hybridized carbons (Fsp3) is 0.611. The van der Waals surface area contributed by atoms with E-state index in [2.05, 4.69) is 16.8 Å². The van der Waals surface area contributed by atoms with Crippen molar-refractivity contribution in [2.24, 2.45) is 5.92 Å². The molecule has 24 heavy (non-hydrogen) atoms. The van der Waals surface area contributed by atoms with Crippen LogP contribution in [0.25, 0.3) is 0 Å². The van der Waals surface area contributed by atoms with Crippen LogP contribution in [0.1, 0.15) is 18.4 Å². The minimum Gasteiger partial charge on any atom is -0.340 e. The number of benzene rings is 1. The molecule has 2 aliphatic heterocycles. The number of likely N-dealkylation sites (N-methyl/N-ethyl adjacent to an activating group) is 1. The summed E-state index contributed by atoms with van der Waals surface area (Å²) in [5.74, 6) is 0.418. The number of piperidine rings is 1. The molecule has 1 atom stereocenters. The molecule has 0 aliphatic carbocycles. The molecule has 1 aromatic rings. The first kappa shape index (κ1) is 18.0. The zero-order valence-corrected chi connectivity index (χ0v) is 15.7. The van der Waals surface area contributed by atoms with Crippen molar-refractivity contribution in [3.8, 4) is 0 Å². The van der Waals surface area contributed by atoms with Crippen molar-refractivity contribution in [2.75, 3.05) is 46.3 Å². The third-order valence-electron chi connectivity index (χ3n) is 5.11. The molecule has 0 saturated carbocycles. The van der Waals surface area contributed by atoms with Crippen molar-refractivity contribution in [2.45, 2.75) is 19.4 Å². The number of likely N-dealkylation sites (tertiary alicyclic amines) is 1. The molecule has 0 N–H and O–H groups in total. The van der Waals surface area contributed by atoms with E-state index >= 15 is 0 Å². The monoisotopic (exact) mass is 369 g/mol. The van der Waals surface area contributed by atoms with Crippen molar-refractivity contribution in [1.82, 2.24) is 14.7 Å². The van der Waals surface area contributed by atoms with Crippen LogP contribution in [-0.4, -0.2) is 66.9 Å². The first-order valence-electron chi connectivity index (χ1n) is 8.67. The normalized spacial score (nSPS) is 23.5. The third-order valence-corrected chi connectivity index (χ3v) is 5.82. The highest BCUT2D eigenvalue weighted by atomic mass is 35.5. The Morgan fingerprint density at radius 1 is 1.12 bits per heavy atom. The molecule has 2 fully saturated rings. The van der Waals surface area contributed by atoms with Crippen LogP contribution in [0.15, 0.2) is 18.2 Å². The minimum atomic E-state index is 0.100. The molecule has 0 aromatic heterocycles.